The third-order valence-corrected chi connectivity index (χ3v) is 10.9. The fraction of sp³-hybridized carbons (Fsp3) is 0.298. The number of aryl methyl sites for hydroxylation is 4. The molecule has 0 aliphatic carbocycles. The Morgan fingerprint density at radius 2 is 1.16 bits per heavy atom. The topological polar surface area (TPSA) is 202 Å². The van der Waals surface area contributed by atoms with Crippen LogP contribution in [0.3, 0.4) is 0 Å². The molecule has 0 saturated carbocycles. The summed E-state index contributed by atoms with van der Waals surface area (Å²) in [5.74, 6) is -1.81. The molecule has 0 bridgehead atoms. The van der Waals surface area contributed by atoms with Crippen LogP contribution in [0.1, 0.15) is 82.0 Å². The molecule has 3 aliphatic heterocycles. The number of aliphatic carboxylic acids is 1. The Labute approximate surface area is 357 Å². The van der Waals surface area contributed by atoms with Crippen LogP contribution in [-0.2, 0) is 62.7 Å². The zero-order valence-corrected chi connectivity index (χ0v) is 34.4. The summed E-state index contributed by atoms with van der Waals surface area (Å²) in [5.41, 5.74) is 13.3. The van der Waals surface area contributed by atoms with Crippen molar-refractivity contribution >= 4 is 62.8 Å². The molecule has 1 fully saturated rings. The monoisotopic (exact) mass is 842 g/mol. The highest BCUT2D eigenvalue weighted by molar-refractivity contribution is 6.14. The van der Waals surface area contributed by atoms with Crippen LogP contribution in [0.5, 0.6) is 0 Å². The molecule has 5 heterocycles. The summed E-state index contributed by atoms with van der Waals surface area (Å²) in [6.07, 6.45) is 10.9. The molecule has 1 unspecified atom stereocenters. The summed E-state index contributed by atoms with van der Waals surface area (Å²) in [5, 5.41) is 23.9. The third kappa shape index (κ3) is 10.7. The number of hydroxylamine groups is 2. The van der Waals surface area contributed by atoms with Gasteiger partial charge in [0.15, 0.2) is 6.29 Å². The second kappa shape index (κ2) is 20.2. The van der Waals surface area contributed by atoms with E-state index in [1.807, 2.05) is 60.9 Å². The Hall–Kier alpha value is -6.81. The number of carbonyl (C=O) groups excluding carboxylic acids is 4. The van der Waals surface area contributed by atoms with E-state index < -0.39 is 11.9 Å². The zero-order chi connectivity index (χ0) is 43.6. The molecular weight excluding hydrogens is 793 g/mol. The Kier molecular flexibility index (Phi) is 14.1. The average Bonchev–Trinajstić information content (AvgIpc) is 3.86. The summed E-state index contributed by atoms with van der Waals surface area (Å²) in [6.45, 7) is 3.62. The molecule has 1 saturated heterocycles. The first-order valence-corrected chi connectivity index (χ1v) is 20.8. The van der Waals surface area contributed by atoms with Crippen molar-refractivity contribution in [3.63, 3.8) is 0 Å². The molecule has 62 heavy (non-hydrogen) atoms. The lowest BCUT2D eigenvalue weighted by molar-refractivity contribution is -0.200. The van der Waals surface area contributed by atoms with Gasteiger partial charge >= 0.3 is 0 Å². The van der Waals surface area contributed by atoms with Crippen LogP contribution in [0, 0.1) is 0 Å². The SMILES string of the molecule is CC(=O)O.O=C(Cc1ccc(NC(=O)c2cn3c4c(cccc24)CCC3)cc1)NO.O=C(Cc1ccc(NC(=O)c2cn3c4c(cccc24)CCC3)cc1)NOC1CCCCO1. The lowest BCUT2D eigenvalue weighted by atomic mass is 10.0. The quantitative estimate of drug-likeness (QED) is 0.0624. The van der Waals surface area contributed by atoms with Crippen molar-refractivity contribution in [2.75, 3.05) is 17.2 Å². The van der Waals surface area contributed by atoms with Crippen LogP contribution in [0.4, 0.5) is 11.4 Å². The Bertz CT molecular complexity index is 2570. The summed E-state index contributed by atoms with van der Waals surface area (Å²) in [4.78, 5) is 63.4. The molecule has 322 valence electrons. The number of carboxylic acids is 1. The lowest BCUT2D eigenvalue weighted by Gasteiger charge is -2.22. The fourth-order valence-electron chi connectivity index (χ4n) is 8.06. The highest BCUT2D eigenvalue weighted by atomic mass is 16.8. The van der Waals surface area contributed by atoms with E-state index in [0.717, 1.165) is 92.4 Å². The number of rotatable bonds is 10. The van der Waals surface area contributed by atoms with Crippen molar-refractivity contribution in [3.05, 3.63) is 131 Å². The second-order valence-electron chi connectivity index (χ2n) is 15.5. The van der Waals surface area contributed by atoms with E-state index >= 15 is 0 Å². The molecular formula is C47H50N6O9. The van der Waals surface area contributed by atoms with Gasteiger partial charge in [-0.15, -0.1) is 0 Å². The normalized spacial score (nSPS) is 15.0. The third-order valence-electron chi connectivity index (χ3n) is 10.9. The van der Waals surface area contributed by atoms with Crippen molar-refractivity contribution in [2.45, 2.75) is 84.1 Å². The van der Waals surface area contributed by atoms with Gasteiger partial charge in [0.25, 0.3) is 17.8 Å². The molecule has 0 spiro atoms. The number of hydrogen-bond donors (Lipinski definition) is 6. The van der Waals surface area contributed by atoms with Gasteiger partial charge in [-0.2, -0.15) is 0 Å². The smallest absolute Gasteiger partial charge is 0.300 e. The molecule has 6 N–H and O–H groups in total. The number of nitrogens with one attached hydrogen (secondary N) is 4. The highest BCUT2D eigenvalue weighted by Gasteiger charge is 2.22. The number of aromatic nitrogens is 2. The minimum absolute atomic E-state index is 0.0843. The molecule has 6 aromatic rings. The molecule has 3 aliphatic rings. The predicted octanol–water partition coefficient (Wildman–Crippen LogP) is 6.94. The van der Waals surface area contributed by atoms with Crippen LogP contribution in [0.15, 0.2) is 97.3 Å². The average molecular weight is 843 g/mol. The van der Waals surface area contributed by atoms with Gasteiger partial charge < -0.3 is 29.6 Å². The molecule has 9 rings (SSSR count). The summed E-state index contributed by atoms with van der Waals surface area (Å²) in [6, 6.07) is 26.6. The van der Waals surface area contributed by atoms with Crippen molar-refractivity contribution < 1.29 is 43.9 Å². The van der Waals surface area contributed by atoms with Gasteiger partial charge in [0, 0.05) is 67.6 Å². The second-order valence-corrected chi connectivity index (χ2v) is 15.5. The van der Waals surface area contributed by atoms with Crippen molar-refractivity contribution in [2.24, 2.45) is 0 Å². The Morgan fingerprint density at radius 3 is 1.61 bits per heavy atom. The highest BCUT2D eigenvalue weighted by Crippen LogP contribution is 2.31. The van der Waals surface area contributed by atoms with Crippen LogP contribution in [-0.4, -0.2) is 61.9 Å². The maximum absolute atomic E-state index is 13.0. The molecule has 2 aromatic heterocycles. The lowest BCUT2D eigenvalue weighted by Crippen LogP contribution is -2.33. The maximum Gasteiger partial charge on any atom is 0.300 e. The molecule has 1 atom stereocenters. The molecule has 15 heteroatoms. The van der Waals surface area contributed by atoms with Gasteiger partial charge in [-0.05, 0) is 85.0 Å². The summed E-state index contributed by atoms with van der Waals surface area (Å²) in [7, 11) is 0. The molecule has 4 aromatic carbocycles. The van der Waals surface area contributed by atoms with E-state index in [1.165, 1.54) is 16.6 Å². The van der Waals surface area contributed by atoms with Crippen LogP contribution in [0.25, 0.3) is 21.8 Å². The fourth-order valence-corrected chi connectivity index (χ4v) is 8.06. The van der Waals surface area contributed by atoms with E-state index in [1.54, 1.807) is 29.7 Å². The van der Waals surface area contributed by atoms with E-state index in [-0.39, 0.29) is 36.9 Å². The predicted molar refractivity (Wildman–Crippen MR) is 233 cm³/mol. The van der Waals surface area contributed by atoms with E-state index in [2.05, 4.69) is 37.4 Å². The number of anilines is 2. The van der Waals surface area contributed by atoms with Crippen LogP contribution < -0.4 is 21.6 Å². The summed E-state index contributed by atoms with van der Waals surface area (Å²) >= 11 is 0. The number of carboxylic acid groups (broad SMARTS) is 1. The van der Waals surface area contributed by atoms with Crippen molar-refractivity contribution in [1.29, 1.82) is 0 Å². The van der Waals surface area contributed by atoms with Gasteiger partial charge in [-0.3, -0.25) is 29.2 Å². The van der Waals surface area contributed by atoms with Crippen molar-refractivity contribution in [1.82, 2.24) is 20.1 Å². The summed E-state index contributed by atoms with van der Waals surface area (Å²) < 4.78 is 9.79. The van der Waals surface area contributed by atoms with Crippen LogP contribution >= 0.6 is 0 Å². The molecule has 15 nitrogen and oxygen atoms in total. The van der Waals surface area contributed by atoms with Gasteiger partial charge in [0.05, 0.1) is 35.0 Å². The zero-order valence-electron chi connectivity index (χ0n) is 34.4. The van der Waals surface area contributed by atoms with Gasteiger partial charge in [0.1, 0.15) is 0 Å². The first-order chi connectivity index (χ1) is 30.1. The molecule has 4 amide bonds. The maximum atomic E-state index is 13.0. The van der Waals surface area contributed by atoms with Gasteiger partial charge in [-0.25, -0.2) is 15.8 Å². The number of nitrogens with zero attached hydrogens (tertiary/aromatic N) is 2. The van der Waals surface area contributed by atoms with Crippen molar-refractivity contribution in [3.8, 4) is 0 Å². The largest absolute Gasteiger partial charge is 0.481 e. The van der Waals surface area contributed by atoms with E-state index in [0.29, 0.717) is 29.1 Å². The van der Waals surface area contributed by atoms with Gasteiger partial charge in [-0.1, -0.05) is 60.7 Å². The van der Waals surface area contributed by atoms with E-state index in [4.69, 9.17) is 24.7 Å². The van der Waals surface area contributed by atoms with E-state index in [9.17, 15) is 19.2 Å². The minimum Gasteiger partial charge on any atom is -0.481 e. The number of hydrogen-bond acceptors (Lipinski definition) is 8. The van der Waals surface area contributed by atoms with Crippen LogP contribution in [0.2, 0.25) is 0 Å². The number of amides is 4. The standard InChI is InChI=1S/C25H27N3O4.C20H19N3O3.C2H4O2/c29-22(27-32-23-8-1-2-14-31-23)15-17-9-11-19(12-10-17)26-25(30)21-16-28-13-4-6-18-5-3-7-20(21)24(18)28;24-18(22-26)11-13-6-8-15(9-7-13)21-20(25)17-12-23-10-2-4-14-3-1-5-16(17)19(14)23;1-2(3)4/h3,5,7,9-12,16,23H,1-2,4,6,8,13-15H2,(H,26,30)(H,27,29);1,3,5-9,12,26H,2,4,10-11H2,(H,21,25)(H,22,24);1H3,(H,3,4). The Balaban J connectivity index is 0.000000175. The number of ether oxygens (including phenoxy) is 1. The molecule has 0 radical (unpaired) electrons. The Morgan fingerprint density at radius 1 is 0.677 bits per heavy atom. The number of para-hydroxylation sites is 2. The minimum atomic E-state index is -0.833. The number of benzene rings is 4. The van der Waals surface area contributed by atoms with Gasteiger partial charge in [0.2, 0.25) is 11.8 Å². The number of carbonyl (C=O) groups is 5. The first kappa shape index (κ1) is 43.3. The first-order valence-electron chi connectivity index (χ1n) is 20.8.